The third-order valence-corrected chi connectivity index (χ3v) is 5.19. The summed E-state index contributed by atoms with van der Waals surface area (Å²) in [7, 11) is 0. The van der Waals surface area contributed by atoms with E-state index in [1.165, 1.54) is 16.9 Å². The normalized spacial score (nSPS) is 12.0. The zero-order valence-corrected chi connectivity index (χ0v) is 15.7. The van der Waals surface area contributed by atoms with E-state index in [2.05, 4.69) is 48.4 Å². The molecule has 0 radical (unpaired) electrons. The maximum Gasteiger partial charge on any atom is 0.257 e. The fraction of sp³-hybridized carbons (Fsp3) is 0.200. The van der Waals surface area contributed by atoms with E-state index in [1.54, 1.807) is 24.3 Å². The SMILES string of the molecule is CCC(C)c1ccc(-c2csc(NC(=O)c3cccc(Cl)c3)n2)cc1. The Kier molecular flexibility index (Phi) is 5.51. The van der Waals surface area contributed by atoms with Crippen LogP contribution in [0.5, 0.6) is 0 Å². The predicted molar refractivity (Wildman–Crippen MR) is 106 cm³/mol. The molecule has 1 amide bonds. The number of nitrogens with one attached hydrogen (secondary N) is 1. The van der Waals surface area contributed by atoms with Crippen molar-refractivity contribution in [3.63, 3.8) is 0 Å². The van der Waals surface area contributed by atoms with E-state index in [4.69, 9.17) is 11.6 Å². The molecule has 25 heavy (non-hydrogen) atoms. The molecule has 0 fully saturated rings. The maximum atomic E-state index is 12.3. The van der Waals surface area contributed by atoms with Gasteiger partial charge >= 0.3 is 0 Å². The molecular formula is C20H19ClN2OS. The van der Waals surface area contributed by atoms with Gasteiger partial charge in [-0.3, -0.25) is 10.1 Å². The van der Waals surface area contributed by atoms with Gasteiger partial charge in [0.15, 0.2) is 5.13 Å². The van der Waals surface area contributed by atoms with Gasteiger partial charge in [-0.2, -0.15) is 0 Å². The van der Waals surface area contributed by atoms with Crippen molar-refractivity contribution in [1.82, 2.24) is 4.98 Å². The highest BCUT2D eigenvalue weighted by Gasteiger charge is 2.11. The minimum absolute atomic E-state index is 0.212. The van der Waals surface area contributed by atoms with Gasteiger partial charge in [0.25, 0.3) is 5.91 Å². The molecule has 0 saturated heterocycles. The van der Waals surface area contributed by atoms with Crippen molar-refractivity contribution >= 4 is 34.0 Å². The molecule has 1 heterocycles. The van der Waals surface area contributed by atoms with Crippen molar-refractivity contribution in [1.29, 1.82) is 0 Å². The summed E-state index contributed by atoms with van der Waals surface area (Å²) in [6.07, 6.45) is 1.12. The van der Waals surface area contributed by atoms with Gasteiger partial charge < -0.3 is 0 Å². The summed E-state index contributed by atoms with van der Waals surface area (Å²) in [5.41, 5.74) is 3.76. The van der Waals surface area contributed by atoms with Gasteiger partial charge in [-0.05, 0) is 36.1 Å². The second kappa shape index (κ2) is 7.81. The summed E-state index contributed by atoms with van der Waals surface area (Å²) >= 11 is 7.34. The van der Waals surface area contributed by atoms with Crippen LogP contribution in [0, 0.1) is 0 Å². The maximum absolute atomic E-state index is 12.3. The van der Waals surface area contributed by atoms with E-state index < -0.39 is 0 Å². The van der Waals surface area contributed by atoms with Crippen LogP contribution in [0.25, 0.3) is 11.3 Å². The molecular weight excluding hydrogens is 352 g/mol. The summed E-state index contributed by atoms with van der Waals surface area (Å²) < 4.78 is 0. The topological polar surface area (TPSA) is 42.0 Å². The molecule has 1 N–H and O–H groups in total. The lowest BCUT2D eigenvalue weighted by atomic mass is 9.97. The molecule has 1 unspecified atom stereocenters. The Morgan fingerprint density at radius 2 is 2.00 bits per heavy atom. The second-order valence-corrected chi connectivity index (χ2v) is 7.23. The predicted octanol–water partition coefficient (Wildman–Crippen LogP) is 6.23. The van der Waals surface area contributed by atoms with Crippen LogP contribution < -0.4 is 5.32 Å². The monoisotopic (exact) mass is 370 g/mol. The molecule has 0 aliphatic carbocycles. The zero-order chi connectivity index (χ0) is 17.8. The summed E-state index contributed by atoms with van der Waals surface area (Å²) in [6.45, 7) is 4.41. The first-order valence-electron chi connectivity index (χ1n) is 8.19. The molecule has 2 aromatic carbocycles. The van der Waals surface area contributed by atoms with E-state index >= 15 is 0 Å². The van der Waals surface area contributed by atoms with Gasteiger partial charge in [-0.1, -0.05) is 55.8 Å². The van der Waals surface area contributed by atoms with Crippen LogP contribution in [0.2, 0.25) is 5.02 Å². The first-order chi connectivity index (χ1) is 12.1. The number of thiazole rings is 1. The number of rotatable bonds is 5. The Bertz CT molecular complexity index is 873. The standard InChI is InChI=1S/C20H19ClN2OS/c1-3-13(2)14-7-9-15(10-8-14)18-12-25-20(22-18)23-19(24)16-5-4-6-17(21)11-16/h4-13H,3H2,1-2H3,(H,22,23,24). The number of benzene rings is 2. The molecule has 5 heteroatoms. The molecule has 0 aliphatic rings. The first-order valence-corrected chi connectivity index (χ1v) is 9.45. The van der Waals surface area contributed by atoms with Crippen LogP contribution in [0.15, 0.2) is 53.9 Å². The highest BCUT2D eigenvalue weighted by Crippen LogP contribution is 2.27. The van der Waals surface area contributed by atoms with Crippen LogP contribution in [0.4, 0.5) is 5.13 Å². The van der Waals surface area contributed by atoms with Crippen LogP contribution in [-0.2, 0) is 0 Å². The third kappa shape index (κ3) is 4.27. The van der Waals surface area contributed by atoms with Crippen LogP contribution in [0.1, 0.15) is 42.1 Å². The molecule has 0 spiro atoms. The summed E-state index contributed by atoms with van der Waals surface area (Å²) in [6, 6.07) is 15.3. The number of nitrogens with zero attached hydrogens (tertiary/aromatic N) is 1. The Hall–Kier alpha value is -2.17. The van der Waals surface area contributed by atoms with Crippen LogP contribution in [0.3, 0.4) is 0 Å². The van der Waals surface area contributed by atoms with Crippen molar-refractivity contribution in [2.75, 3.05) is 5.32 Å². The number of aromatic nitrogens is 1. The Morgan fingerprint density at radius 1 is 1.24 bits per heavy atom. The zero-order valence-electron chi connectivity index (χ0n) is 14.1. The minimum atomic E-state index is -0.212. The Labute approximate surface area is 156 Å². The van der Waals surface area contributed by atoms with Crippen molar-refractivity contribution in [3.8, 4) is 11.3 Å². The second-order valence-electron chi connectivity index (χ2n) is 5.93. The van der Waals surface area contributed by atoms with Crippen molar-refractivity contribution in [2.45, 2.75) is 26.2 Å². The summed E-state index contributed by atoms with van der Waals surface area (Å²) in [5, 5.41) is 5.89. The number of hydrogen-bond acceptors (Lipinski definition) is 3. The number of amides is 1. The number of carbonyl (C=O) groups is 1. The highest BCUT2D eigenvalue weighted by atomic mass is 35.5. The van der Waals surface area contributed by atoms with Gasteiger partial charge in [0.1, 0.15) is 0 Å². The number of carbonyl (C=O) groups excluding carboxylic acids is 1. The molecule has 0 saturated carbocycles. The van der Waals surface area contributed by atoms with Crippen molar-refractivity contribution in [2.24, 2.45) is 0 Å². The van der Waals surface area contributed by atoms with E-state index in [0.717, 1.165) is 17.7 Å². The quantitative estimate of drug-likeness (QED) is 0.578. The average Bonchev–Trinajstić information content (AvgIpc) is 3.09. The lowest BCUT2D eigenvalue weighted by molar-refractivity contribution is 0.102. The summed E-state index contributed by atoms with van der Waals surface area (Å²) in [4.78, 5) is 16.8. The van der Waals surface area contributed by atoms with E-state index in [1.807, 2.05) is 5.38 Å². The number of halogens is 1. The Balaban J connectivity index is 1.73. The largest absolute Gasteiger partial charge is 0.298 e. The lowest BCUT2D eigenvalue weighted by Crippen LogP contribution is -2.11. The molecule has 1 atom stereocenters. The van der Waals surface area contributed by atoms with Gasteiger partial charge in [-0.15, -0.1) is 11.3 Å². The summed E-state index contributed by atoms with van der Waals surface area (Å²) in [5.74, 6) is 0.340. The third-order valence-electron chi connectivity index (χ3n) is 4.20. The van der Waals surface area contributed by atoms with Gasteiger partial charge in [0.2, 0.25) is 0 Å². The van der Waals surface area contributed by atoms with Crippen LogP contribution in [-0.4, -0.2) is 10.9 Å². The van der Waals surface area contributed by atoms with E-state index in [0.29, 0.717) is 21.6 Å². The van der Waals surface area contributed by atoms with Gasteiger partial charge in [0, 0.05) is 21.5 Å². The minimum Gasteiger partial charge on any atom is -0.298 e. The van der Waals surface area contributed by atoms with Crippen molar-refractivity contribution < 1.29 is 4.79 Å². The van der Waals surface area contributed by atoms with E-state index in [9.17, 15) is 4.79 Å². The fourth-order valence-corrected chi connectivity index (χ4v) is 3.39. The first kappa shape index (κ1) is 17.6. The molecule has 128 valence electrons. The molecule has 0 bridgehead atoms. The van der Waals surface area contributed by atoms with Gasteiger partial charge in [0.05, 0.1) is 5.69 Å². The van der Waals surface area contributed by atoms with E-state index in [-0.39, 0.29) is 5.91 Å². The average molecular weight is 371 g/mol. The van der Waals surface area contributed by atoms with Crippen molar-refractivity contribution in [3.05, 3.63) is 70.1 Å². The Morgan fingerprint density at radius 3 is 2.68 bits per heavy atom. The molecule has 3 rings (SSSR count). The highest BCUT2D eigenvalue weighted by molar-refractivity contribution is 7.14. The molecule has 3 nitrogen and oxygen atoms in total. The van der Waals surface area contributed by atoms with Crippen LogP contribution >= 0.6 is 22.9 Å². The fourth-order valence-electron chi connectivity index (χ4n) is 2.48. The number of hydrogen-bond donors (Lipinski definition) is 1. The molecule has 3 aromatic rings. The lowest BCUT2D eigenvalue weighted by Gasteiger charge is -2.08. The smallest absolute Gasteiger partial charge is 0.257 e. The van der Waals surface area contributed by atoms with Gasteiger partial charge in [-0.25, -0.2) is 4.98 Å². The molecule has 1 aromatic heterocycles. The number of anilines is 1. The molecule has 0 aliphatic heterocycles.